The number of nitrogens with zero attached hydrogens (tertiary/aromatic N) is 8. The summed E-state index contributed by atoms with van der Waals surface area (Å²) in [6.45, 7) is 2.07. The van der Waals surface area contributed by atoms with Crippen molar-refractivity contribution in [3.05, 3.63) is 49.1 Å². The van der Waals surface area contributed by atoms with Crippen LogP contribution < -0.4 is 9.80 Å². The number of aromatic nitrogens is 6. The van der Waals surface area contributed by atoms with Gasteiger partial charge in [0, 0.05) is 23.2 Å². The molecule has 2 N–H and O–H groups in total. The molecule has 4 heterocycles. The normalized spacial score (nSPS) is 18.1. The summed E-state index contributed by atoms with van der Waals surface area (Å²) in [5, 5.41) is 22.1. The lowest BCUT2D eigenvalue weighted by Crippen LogP contribution is -2.58. The molecule has 1 aliphatic heterocycles. The SMILES string of the molecule is CC[C@@H]1C(=N)N(C=N)c2cnc(-n3ncnc3-c3cccc4ncccc34)nc2N1C1CCC1. The number of fused-ring (bicyclic) bond motifs is 2. The largest absolute Gasteiger partial charge is 0.342 e. The van der Waals surface area contributed by atoms with Crippen molar-refractivity contribution in [2.75, 3.05) is 9.80 Å². The quantitative estimate of drug-likeness (QED) is 0.348. The topological polar surface area (TPSA) is 124 Å². The van der Waals surface area contributed by atoms with Gasteiger partial charge >= 0.3 is 0 Å². The van der Waals surface area contributed by atoms with Crippen LogP contribution in [0.5, 0.6) is 0 Å². The second-order valence-electron chi connectivity index (χ2n) is 8.55. The molecule has 1 aliphatic carbocycles. The molecule has 3 aromatic heterocycles. The molecular weight excluding hydrogens is 428 g/mol. The van der Waals surface area contributed by atoms with E-state index in [4.69, 9.17) is 15.8 Å². The van der Waals surface area contributed by atoms with E-state index in [1.807, 2.05) is 30.3 Å². The van der Waals surface area contributed by atoms with E-state index in [1.54, 1.807) is 22.0 Å². The van der Waals surface area contributed by atoms with Gasteiger partial charge in [-0.1, -0.05) is 25.1 Å². The van der Waals surface area contributed by atoms with Gasteiger partial charge in [-0.15, -0.1) is 0 Å². The van der Waals surface area contributed by atoms with Crippen molar-refractivity contribution in [2.45, 2.75) is 44.7 Å². The molecule has 1 saturated carbocycles. The average Bonchev–Trinajstić information content (AvgIpc) is 3.32. The lowest BCUT2D eigenvalue weighted by atomic mass is 9.88. The van der Waals surface area contributed by atoms with Crippen LogP contribution in [-0.2, 0) is 0 Å². The first-order chi connectivity index (χ1) is 16.7. The van der Waals surface area contributed by atoms with Crippen molar-refractivity contribution in [3.8, 4) is 17.3 Å². The lowest BCUT2D eigenvalue weighted by Gasteiger charge is -2.48. The van der Waals surface area contributed by atoms with E-state index in [0.29, 0.717) is 29.3 Å². The summed E-state index contributed by atoms with van der Waals surface area (Å²) in [5.74, 6) is 2.16. The maximum atomic E-state index is 8.72. The van der Waals surface area contributed by atoms with Crippen LogP contribution in [0.1, 0.15) is 32.6 Å². The number of rotatable bonds is 5. The molecule has 0 unspecified atom stereocenters. The summed E-state index contributed by atoms with van der Waals surface area (Å²) >= 11 is 0. The molecule has 10 heteroatoms. The average molecular weight is 453 g/mol. The molecule has 0 amide bonds. The molecule has 0 saturated heterocycles. The molecule has 6 rings (SSSR count). The predicted molar refractivity (Wildman–Crippen MR) is 131 cm³/mol. The van der Waals surface area contributed by atoms with Gasteiger partial charge in [0.2, 0.25) is 0 Å². The Labute approximate surface area is 196 Å². The zero-order valence-corrected chi connectivity index (χ0v) is 18.8. The van der Waals surface area contributed by atoms with Crippen LogP contribution in [0.25, 0.3) is 28.2 Å². The zero-order valence-electron chi connectivity index (χ0n) is 18.8. The van der Waals surface area contributed by atoms with Crippen molar-refractivity contribution in [2.24, 2.45) is 0 Å². The fraction of sp³-hybridized carbons (Fsp3) is 0.292. The first-order valence-electron chi connectivity index (χ1n) is 11.5. The highest BCUT2D eigenvalue weighted by molar-refractivity contribution is 6.16. The van der Waals surface area contributed by atoms with Crippen LogP contribution in [0, 0.1) is 10.8 Å². The predicted octanol–water partition coefficient (Wildman–Crippen LogP) is 3.81. The lowest BCUT2D eigenvalue weighted by molar-refractivity contribution is 0.369. The highest BCUT2D eigenvalue weighted by Crippen LogP contribution is 2.40. The number of pyridine rings is 1. The Bertz CT molecular complexity index is 1400. The molecular formula is C24H24N10. The van der Waals surface area contributed by atoms with Crippen molar-refractivity contribution >= 4 is 34.6 Å². The van der Waals surface area contributed by atoms with Crippen LogP contribution in [0.2, 0.25) is 0 Å². The van der Waals surface area contributed by atoms with E-state index in [9.17, 15) is 0 Å². The van der Waals surface area contributed by atoms with Crippen LogP contribution in [0.4, 0.5) is 11.5 Å². The van der Waals surface area contributed by atoms with E-state index in [1.165, 1.54) is 19.1 Å². The molecule has 1 fully saturated rings. The Hall–Kier alpha value is -4.21. The van der Waals surface area contributed by atoms with Crippen molar-refractivity contribution in [3.63, 3.8) is 0 Å². The maximum absolute atomic E-state index is 8.72. The smallest absolute Gasteiger partial charge is 0.254 e. The molecule has 10 nitrogen and oxygen atoms in total. The van der Waals surface area contributed by atoms with Crippen molar-refractivity contribution in [1.29, 1.82) is 10.8 Å². The fourth-order valence-corrected chi connectivity index (χ4v) is 4.88. The van der Waals surface area contributed by atoms with Crippen molar-refractivity contribution in [1.82, 2.24) is 29.7 Å². The summed E-state index contributed by atoms with van der Waals surface area (Å²) in [7, 11) is 0. The van der Waals surface area contributed by atoms with Gasteiger partial charge in [0.1, 0.15) is 17.9 Å². The molecule has 1 atom stereocenters. The second kappa shape index (κ2) is 7.98. The van der Waals surface area contributed by atoms with E-state index < -0.39 is 0 Å². The Morgan fingerprint density at radius 2 is 2.00 bits per heavy atom. The van der Waals surface area contributed by atoms with E-state index in [0.717, 1.165) is 41.5 Å². The number of hydrogen-bond donors (Lipinski definition) is 2. The molecule has 0 bridgehead atoms. The third-order valence-electron chi connectivity index (χ3n) is 6.76. The van der Waals surface area contributed by atoms with Crippen LogP contribution >= 0.6 is 0 Å². The molecule has 34 heavy (non-hydrogen) atoms. The van der Waals surface area contributed by atoms with Crippen LogP contribution in [0.3, 0.4) is 0 Å². The van der Waals surface area contributed by atoms with Gasteiger partial charge in [0.25, 0.3) is 5.95 Å². The zero-order chi connectivity index (χ0) is 23.2. The van der Waals surface area contributed by atoms with E-state index in [2.05, 4.69) is 31.9 Å². The Morgan fingerprint density at radius 1 is 1.12 bits per heavy atom. The number of anilines is 2. The molecule has 0 spiro atoms. The Kier molecular flexibility index (Phi) is 4.79. The number of nitrogens with one attached hydrogen (secondary N) is 2. The minimum atomic E-state index is -0.137. The highest BCUT2D eigenvalue weighted by atomic mass is 15.4. The minimum Gasteiger partial charge on any atom is -0.342 e. The number of hydrogen-bond acceptors (Lipinski definition) is 8. The molecule has 1 aromatic carbocycles. The fourth-order valence-electron chi connectivity index (χ4n) is 4.88. The Morgan fingerprint density at radius 3 is 2.76 bits per heavy atom. The van der Waals surface area contributed by atoms with Gasteiger partial charge in [-0.3, -0.25) is 20.7 Å². The van der Waals surface area contributed by atoms with Gasteiger partial charge < -0.3 is 4.90 Å². The monoisotopic (exact) mass is 452 g/mol. The summed E-state index contributed by atoms with van der Waals surface area (Å²) in [6.07, 6.45) is 10.2. The summed E-state index contributed by atoms with van der Waals surface area (Å²) in [4.78, 5) is 22.4. The van der Waals surface area contributed by atoms with Gasteiger partial charge in [-0.05, 0) is 37.8 Å². The van der Waals surface area contributed by atoms with Gasteiger partial charge in [-0.25, -0.2) is 9.97 Å². The van der Waals surface area contributed by atoms with E-state index >= 15 is 0 Å². The third kappa shape index (κ3) is 2.98. The van der Waals surface area contributed by atoms with Crippen LogP contribution in [-0.4, -0.2) is 54.0 Å². The van der Waals surface area contributed by atoms with E-state index in [-0.39, 0.29) is 6.04 Å². The molecule has 0 radical (unpaired) electrons. The first-order valence-corrected chi connectivity index (χ1v) is 11.5. The van der Waals surface area contributed by atoms with Gasteiger partial charge in [0.15, 0.2) is 11.6 Å². The first kappa shape index (κ1) is 20.4. The summed E-state index contributed by atoms with van der Waals surface area (Å²) < 4.78 is 1.65. The number of amidine groups is 1. The van der Waals surface area contributed by atoms with Crippen molar-refractivity contribution < 1.29 is 0 Å². The van der Waals surface area contributed by atoms with Crippen LogP contribution in [0.15, 0.2) is 49.1 Å². The summed E-state index contributed by atoms with van der Waals surface area (Å²) in [6, 6.07) is 10.0. The number of benzene rings is 1. The minimum absolute atomic E-state index is 0.137. The standard InChI is InChI=1S/C24H24N10/c1-2-19-21(26)32(13-25)20-12-28-24(31-23(20)33(19)15-6-3-7-15)34-22(29-14-30-34)17-8-4-10-18-16(17)9-5-11-27-18/h4-5,8-15,19,25-26H,2-3,6-7H2,1H3/t19-/m1/s1. The van der Waals surface area contributed by atoms with Gasteiger partial charge in [0.05, 0.1) is 24.1 Å². The summed E-state index contributed by atoms with van der Waals surface area (Å²) in [5.41, 5.74) is 2.42. The van der Waals surface area contributed by atoms with Gasteiger partial charge in [-0.2, -0.15) is 14.8 Å². The molecule has 2 aliphatic rings. The Balaban J connectivity index is 1.51. The molecule has 4 aromatic rings. The highest BCUT2D eigenvalue weighted by Gasteiger charge is 2.41. The third-order valence-corrected chi connectivity index (χ3v) is 6.76. The second-order valence-corrected chi connectivity index (χ2v) is 8.55. The maximum Gasteiger partial charge on any atom is 0.254 e. The molecule has 170 valence electrons.